The van der Waals surface area contributed by atoms with Crippen molar-refractivity contribution in [1.82, 2.24) is 0 Å². The molecule has 0 spiro atoms. The molecule has 0 aliphatic rings. The normalized spacial score (nSPS) is 12.2. The standard InChI is InChI=1S/C15H13Cl2FO/c1-19-12-5-2-10(3-6-12)8-14(17)13-7-4-11(16)9-15(13)18/h2-7,9,14H,8H2,1H3. The lowest BCUT2D eigenvalue weighted by atomic mass is 10.0. The van der Waals surface area contributed by atoms with Crippen LogP contribution in [0.4, 0.5) is 4.39 Å². The molecule has 100 valence electrons. The summed E-state index contributed by atoms with van der Waals surface area (Å²) in [7, 11) is 1.61. The molecule has 0 bridgehead atoms. The monoisotopic (exact) mass is 298 g/mol. The summed E-state index contributed by atoms with van der Waals surface area (Å²) < 4.78 is 18.8. The van der Waals surface area contributed by atoms with Crippen LogP contribution in [0.25, 0.3) is 0 Å². The summed E-state index contributed by atoms with van der Waals surface area (Å²) in [4.78, 5) is 0. The van der Waals surface area contributed by atoms with E-state index in [0.29, 0.717) is 17.0 Å². The van der Waals surface area contributed by atoms with Crippen molar-refractivity contribution in [3.8, 4) is 5.75 Å². The predicted molar refractivity (Wildman–Crippen MR) is 76.7 cm³/mol. The highest BCUT2D eigenvalue weighted by molar-refractivity contribution is 6.30. The fourth-order valence-corrected chi connectivity index (χ4v) is 2.35. The second kappa shape index (κ2) is 6.27. The van der Waals surface area contributed by atoms with Crippen molar-refractivity contribution in [3.63, 3.8) is 0 Å². The van der Waals surface area contributed by atoms with Crippen LogP contribution < -0.4 is 4.74 Å². The Morgan fingerprint density at radius 3 is 2.42 bits per heavy atom. The van der Waals surface area contributed by atoms with E-state index < -0.39 is 5.38 Å². The van der Waals surface area contributed by atoms with Crippen LogP contribution in [0.5, 0.6) is 5.75 Å². The first-order valence-corrected chi connectivity index (χ1v) is 6.63. The van der Waals surface area contributed by atoms with Crippen molar-refractivity contribution >= 4 is 23.2 Å². The zero-order chi connectivity index (χ0) is 13.8. The highest BCUT2D eigenvalue weighted by Crippen LogP contribution is 2.29. The first-order chi connectivity index (χ1) is 9.10. The summed E-state index contributed by atoms with van der Waals surface area (Å²) in [6, 6.07) is 12.1. The second-order valence-corrected chi connectivity index (χ2v) is 5.15. The molecular formula is C15H13Cl2FO. The van der Waals surface area contributed by atoms with Crippen molar-refractivity contribution in [2.75, 3.05) is 7.11 Å². The van der Waals surface area contributed by atoms with Gasteiger partial charge in [0.2, 0.25) is 0 Å². The third kappa shape index (κ3) is 3.62. The van der Waals surface area contributed by atoms with Crippen LogP contribution in [-0.2, 0) is 6.42 Å². The highest BCUT2D eigenvalue weighted by atomic mass is 35.5. The molecule has 2 aromatic carbocycles. The van der Waals surface area contributed by atoms with Crippen LogP contribution >= 0.6 is 23.2 Å². The Hall–Kier alpha value is -1.25. The maximum Gasteiger partial charge on any atom is 0.129 e. The number of benzene rings is 2. The van der Waals surface area contributed by atoms with Crippen LogP contribution in [0.1, 0.15) is 16.5 Å². The molecule has 0 aliphatic heterocycles. The SMILES string of the molecule is COc1ccc(CC(Cl)c2ccc(Cl)cc2F)cc1. The largest absolute Gasteiger partial charge is 0.497 e. The minimum Gasteiger partial charge on any atom is -0.497 e. The lowest BCUT2D eigenvalue weighted by Gasteiger charge is -2.11. The van der Waals surface area contributed by atoms with E-state index in [0.717, 1.165) is 11.3 Å². The molecule has 0 amide bonds. The highest BCUT2D eigenvalue weighted by Gasteiger charge is 2.14. The fraction of sp³-hybridized carbons (Fsp3) is 0.200. The molecule has 0 heterocycles. The van der Waals surface area contributed by atoms with Gasteiger partial charge >= 0.3 is 0 Å². The molecule has 4 heteroatoms. The molecule has 0 radical (unpaired) electrons. The first kappa shape index (κ1) is 14.2. The fourth-order valence-electron chi connectivity index (χ4n) is 1.83. The molecule has 0 N–H and O–H groups in total. The van der Waals surface area contributed by atoms with E-state index in [2.05, 4.69) is 0 Å². The van der Waals surface area contributed by atoms with Crippen molar-refractivity contribution in [3.05, 3.63) is 64.4 Å². The minimum absolute atomic E-state index is 0.370. The van der Waals surface area contributed by atoms with Gasteiger partial charge in [-0.2, -0.15) is 0 Å². The summed E-state index contributed by atoms with van der Waals surface area (Å²) >= 11 is 12.0. The Morgan fingerprint density at radius 1 is 1.16 bits per heavy atom. The van der Waals surface area contributed by atoms with Crippen LogP contribution in [0.3, 0.4) is 0 Å². The van der Waals surface area contributed by atoms with Gasteiger partial charge < -0.3 is 4.74 Å². The van der Waals surface area contributed by atoms with E-state index >= 15 is 0 Å². The topological polar surface area (TPSA) is 9.23 Å². The number of hydrogen-bond donors (Lipinski definition) is 0. The quantitative estimate of drug-likeness (QED) is 0.721. The average molecular weight is 299 g/mol. The lowest BCUT2D eigenvalue weighted by Crippen LogP contribution is -1.99. The van der Waals surface area contributed by atoms with Gasteiger partial charge in [0.05, 0.1) is 12.5 Å². The van der Waals surface area contributed by atoms with E-state index in [1.807, 2.05) is 24.3 Å². The van der Waals surface area contributed by atoms with E-state index in [-0.39, 0.29) is 5.82 Å². The number of hydrogen-bond acceptors (Lipinski definition) is 1. The van der Waals surface area contributed by atoms with E-state index in [1.165, 1.54) is 6.07 Å². The van der Waals surface area contributed by atoms with Crippen LogP contribution in [0.2, 0.25) is 5.02 Å². The number of halogens is 3. The molecule has 0 aliphatic carbocycles. The molecule has 0 aromatic heterocycles. The molecule has 0 saturated heterocycles. The summed E-state index contributed by atoms with van der Waals surface area (Å²) in [5, 5.41) is -0.0553. The van der Waals surface area contributed by atoms with Gasteiger partial charge in [0.1, 0.15) is 11.6 Å². The summed E-state index contributed by atoms with van der Waals surface area (Å²) in [6.45, 7) is 0. The van der Waals surface area contributed by atoms with Crippen LogP contribution in [-0.4, -0.2) is 7.11 Å². The van der Waals surface area contributed by atoms with Gasteiger partial charge in [-0.05, 0) is 36.2 Å². The lowest BCUT2D eigenvalue weighted by molar-refractivity contribution is 0.414. The van der Waals surface area contributed by atoms with Crippen molar-refractivity contribution in [2.24, 2.45) is 0 Å². The third-order valence-electron chi connectivity index (χ3n) is 2.87. The molecule has 1 nitrogen and oxygen atoms in total. The maximum atomic E-state index is 13.7. The average Bonchev–Trinajstić information content (AvgIpc) is 2.39. The Labute approximate surface area is 121 Å². The minimum atomic E-state index is -0.425. The van der Waals surface area contributed by atoms with Crippen LogP contribution in [0.15, 0.2) is 42.5 Å². The number of ether oxygens (including phenoxy) is 1. The molecule has 1 atom stereocenters. The Balaban J connectivity index is 2.13. The summed E-state index contributed by atoms with van der Waals surface area (Å²) in [6.07, 6.45) is 0.546. The van der Waals surface area contributed by atoms with E-state index in [1.54, 1.807) is 19.2 Å². The van der Waals surface area contributed by atoms with Gasteiger partial charge in [-0.15, -0.1) is 11.6 Å². The summed E-state index contributed by atoms with van der Waals surface area (Å²) in [5.74, 6) is 0.411. The Kier molecular flexibility index (Phi) is 4.67. The van der Waals surface area contributed by atoms with Gasteiger partial charge in [0.15, 0.2) is 0 Å². The maximum absolute atomic E-state index is 13.7. The van der Waals surface area contributed by atoms with Crippen LogP contribution in [0, 0.1) is 5.82 Å². The number of rotatable bonds is 4. The third-order valence-corrected chi connectivity index (χ3v) is 3.50. The van der Waals surface area contributed by atoms with Gasteiger partial charge in [-0.1, -0.05) is 29.8 Å². The molecule has 0 fully saturated rings. The van der Waals surface area contributed by atoms with E-state index in [9.17, 15) is 4.39 Å². The Bertz CT molecular complexity index is 555. The van der Waals surface area contributed by atoms with Crippen molar-refractivity contribution in [2.45, 2.75) is 11.8 Å². The number of alkyl halides is 1. The Morgan fingerprint density at radius 2 is 1.84 bits per heavy atom. The van der Waals surface area contributed by atoms with Gasteiger partial charge in [0.25, 0.3) is 0 Å². The number of methoxy groups -OCH3 is 1. The second-order valence-electron chi connectivity index (χ2n) is 4.19. The zero-order valence-corrected chi connectivity index (χ0v) is 11.9. The van der Waals surface area contributed by atoms with E-state index in [4.69, 9.17) is 27.9 Å². The molecule has 2 aromatic rings. The zero-order valence-electron chi connectivity index (χ0n) is 10.4. The molecule has 1 unspecified atom stereocenters. The predicted octanol–water partition coefficient (Wildman–Crippen LogP) is 5.01. The summed E-state index contributed by atoms with van der Waals surface area (Å²) in [5.41, 5.74) is 1.48. The molecular weight excluding hydrogens is 286 g/mol. The first-order valence-electron chi connectivity index (χ1n) is 5.82. The van der Waals surface area contributed by atoms with Crippen molar-refractivity contribution in [1.29, 1.82) is 0 Å². The van der Waals surface area contributed by atoms with Crippen molar-refractivity contribution < 1.29 is 9.13 Å². The molecule has 19 heavy (non-hydrogen) atoms. The molecule has 2 rings (SSSR count). The smallest absolute Gasteiger partial charge is 0.129 e. The molecule has 0 saturated carbocycles. The van der Waals surface area contributed by atoms with Gasteiger partial charge in [-0.3, -0.25) is 0 Å². The van der Waals surface area contributed by atoms with Gasteiger partial charge in [-0.25, -0.2) is 4.39 Å². The van der Waals surface area contributed by atoms with Gasteiger partial charge in [0, 0.05) is 10.6 Å².